The van der Waals surface area contributed by atoms with Gasteiger partial charge in [0.15, 0.2) is 0 Å². The van der Waals surface area contributed by atoms with Crippen molar-refractivity contribution in [2.24, 2.45) is 0 Å². The van der Waals surface area contributed by atoms with Crippen molar-refractivity contribution in [1.82, 2.24) is 4.72 Å². The quantitative estimate of drug-likeness (QED) is 0.694. The van der Waals surface area contributed by atoms with Crippen LogP contribution in [0, 0.1) is 0 Å². The highest BCUT2D eigenvalue weighted by molar-refractivity contribution is 9.10. The molecular formula is C22H26BrN3O3S. The van der Waals surface area contributed by atoms with Crippen molar-refractivity contribution >= 4 is 43.2 Å². The number of fused-ring (bicyclic) bond motifs is 2. The summed E-state index contributed by atoms with van der Waals surface area (Å²) in [5.74, 6) is -0.148. The van der Waals surface area contributed by atoms with Crippen molar-refractivity contribution in [2.45, 2.75) is 44.0 Å². The fourth-order valence-corrected chi connectivity index (χ4v) is 6.53. The molecule has 2 aliphatic rings. The first kappa shape index (κ1) is 21.3. The third-order valence-corrected chi connectivity index (χ3v) is 7.76. The highest BCUT2D eigenvalue weighted by atomic mass is 79.9. The van der Waals surface area contributed by atoms with Crippen molar-refractivity contribution in [1.29, 1.82) is 0 Å². The highest BCUT2D eigenvalue weighted by Crippen LogP contribution is 2.40. The highest BCUT2D eigenvalue weighted by Gasteiger charge is 2.35. The number of benzene rings is 2. The molecule has 2 aromatic rings. The van der Waals surface area contributed by atoms with E-state index in [0.717, 1.165) is 24.9 Å². The lowest BCUT2D eigenvalue weighted by molar-refractivity contribution is -0.116. The number of halogens is 1. The van der Waals surface area contributed by atoms with E-state index in [2.05, 4.69) is 37.7 Å². The number of nitrogens with zero attached hydrogens (tertiary/aromatic N) is 2. The number of hydrogen-bond acceptors (Lipinski definition) is 4. The number of hydrogen-bond donors (Lipinski definition) is 1. The van der Waals surface area contributed by atoms with E-state index in [0.29, 0.717) is 29.7 Å². The van der Waals surface area contributed by atoms with E-state index in [-0.39, 0.29) is 16.8 Å². The number of carbonyl (C=O) groups excluding carboxylic acids is 1. The normalized spacial score (nSPS) is 18.3. The molecule has 6 nitrogen and oxygen atoms in total. The van der Waals surface area contributed by atoms with Gasteiger partial charge < -0.3 is 9.80 Å². The average molecular weight is 492 g/mol. The molecule has 4 rings (SSSR count). The molecule has 1 amide bonds. The van der Waals surface area contributed by atoms with Gasteiger partial charge in [-0.2, -0.15) is 0 Å². The van der Waals surface area contributed by atoms with Crippen molar-refractivity contribution in [3.63, 3.8) is 0 Å². The minimum absolute atomic E-state index is 0.0643. The van der Waals surface area contributed by atoms with Crippen LogP contribution >= 0.6 is 15.9 Å². The lowest BCUT2D eigenvalue weighted by Crippen LogP contribution is -2.38. The zero-order valence-electron chi connectivity index (χ0n) is 17.2. The fraction of sp³-hybridized carbons (Fsp3) is 0.409. The van der Waals surface area contributed by atoms with Gasteiger partial charge in [-0.3, -0.25) is 4.79 Å². The first-order valence-corrected chi connectivity index (χ1v) is 12.5. The summed E-state index contributed by atoms with van der Waals surface area (Å²) in [6, 6.07) is 11.7. The van der Waals surface area contributed by atoms with E-state index in [1.165, 1.54) is 18.2 Å². The Bertz CT molecular complexity index is 1090. The second-order valence-corrected chi connectivity index (χ2v) is 10.6. The van der Waals surface area contributed by atoms with Crippen LogP contribution in [0.25, 0.3) is 0 Å². The molecule has 1 N–H and O–H groups in total. The lowest BCUT2D eigenvalue weighted by atomic mass is 10.0. The smallest absolute Gasteiger partial charge is 0.242 e. The monoisotopic (exact) mass is 491 g/mol. The predicted octanol–water partition coefficient (Wildman–Crippen LogP) is 3.48. The molecule has 160 valence electrons. The molecule has 0 aliphatic carbocycles. The maximum Gasteiger partial charge on any atom is 0.242 e. The van der Waals surface area contributed by atoms with E-state index in [1.54, 1.807) is 11.0 Å². The van der Waals surface area contributed by atoms with E-state index in [4.69, 9.17) is 0 Å². The second kappa shape index (κ2) is 8.32. The molecule has 8 heteroatoms. The summed E-state index contributed by atoms with van der Waals surface area (Å²) >= 11 is 3.43. The van der Waals surface area contributed by atoms with Crippen LogP contribution in [0.5, 0.6) is 0 Å². The minimum Gasteiger partial charge on any atom is -0.370 e. The third kappa shape index (κ3) is 4.00. The Morgan fingerprint density at radius 1 is 1.23 bits per heavy atom. The summed E-state index contributed by atoms with van der Waals surface area (Å²) in [4.78, 5) is 16.2. The molecule has 2 aromatic carbocycles. The van der Waals surface area contributed by atoms with Gasteiger partial charge in [0.2, 0.25) is 15.9 Å². The van der Waals surface area contributed by atoms with Crippen molar-refractivity contribution < 1.29 is 13.2 Å². The van der Waals surface area contributed by atoms with E-state index in [9.17, 15) is 13.2 Å². The number of anilines is 2. The summed E-state index contributed by atoms with van der Waals surface area (Å²) in [5, 5.41) is 0. The van der Waals surface area contributed by atoms with Gasteiger partial charge in [-0.1, -0.05) is 34.1 Å². The summed E-state index contributed by atoms with van der Waals surface area (Å²) in [6.45, 7) is 5.23. The van der Waals surface area contributed by atoms with Gasteiger partial charge in [-0.25, -0.2) is 13.1 Å². The maximum atomic E-state index is 13.2. The first-order valence-electron chi connectivity index (χ1n) is 10.2. The van der Waals surface area contributed by atoms with Gasteiger partial charge in [0.05, 0.1) is 5.69 Å². The van der Waals surface area contributed by atoms with Gasteiger partial charge >= 0.3 is 0 Å². The number of amides is 1. The Morgan fingerprint density at radius 2 is 2.00 bits per heavy atom. The lowest BCUT2D eigenvalue weighted by Gasteiger charge is -2.31. The van der Waals surface area contributed by atoms with Crippen LogP contribution in [0.4, 0.5) is 11.4 Å². The molecule has 0 spiro atoms. The first-order chi connectivity index (χ1) is 14.3. The number of aryl methyl sites for hydroxylation is 1. The Balaban J connectivity index is 1.55. The Morgan fingerprint density at radius 3 is 2.77 bits per heavy atom. The third-order valence-electron chi connectivity index (χ3n) is 5.82. The van der Waals surface area contributed by atoms with Gasteiger partial charge in [0.25, 0.3) is 0 Å². The molecule has 1 atom stereocenters. The summed E-state index contributed by atoms with van der Waals surface area (Å²) in [5.41, 5.74) is 3.87. The number of sulfonamides is 1. The van der Waals surface area contributed by atoms with E-state index in [1.807, 2.05) is 25.1 Å². The fourth-order valence-electron chi connectivity index (χ4n) is 4.60. The zero-order chi connectivity index (χ0) is 21.5. The molecule has 0 saturated carbocycles. The SMILES string of the molecule is CC(=O)N1c2c(cc(Br)cc2S(=O)(=O)NCCN2CCCc3ccccc32)C[C@H]1C. The van der Waals surface area contributed by atoms with Crippen LogP contribution in [0.2, 0.25) is 0 Å². The van der Waals surface area contributed by atoms with Crippen molar-refractivity contribution in [2.75, 3.05) is 29.4 Å². The minimum atomic E-state index is -3.78. The second-order valence-electron chi connectivity index (χ2n) is 7.97. The van der Waals surface area contributed by atoms with E-state index >= 15 is 0 Å². The van der Waals surface area contributed by atoms with Gasteiger partial charge in [0, 0.05) is 42.8 Å². The van der Waals surface area contributed by atoms with Crippen LogP contribution in [-0.4, -0.2) is 40.0 Å². The zero-order valence-corrected chi connectivity index (χ0v) is 19.6. The summed E-state index contributed by atoms with van der Waals surface area (Å²) in [6.07, 6.45) is 2.76. The number of carbonyl (C=O) groups is 1. The predicted molar refractivity (Wildman–Crippen MR) is 123 cm³/mol. The molecular weight excluding hydrogens is 466 g/mol. The summed E-state index contributed by atoms with van der Waals surface area (Å²) < 4.78 is 29.9. The topological polar surface area (TPSA) is 69.7 Å². The van der Waals surface area contributed by atoms with Crippen LogP contribution in [0.1, 0.15) is 31.4 Å². The van der Waals surface area contributed by atoms with Crippen LogP contribution in [-0.2, 0) is 27.7 Å². The molecule has 0 unspecified atom stereocenters. The Labute approximate surface area is 186 Å². The number of nitrogens with one attached hydrogen (secondary N) is 1. The van der Waals surface area contributed by atoms with Gasteiger partial charge in [-0.15, -0.1) is 0 Å². The van der Waals surface area contributed by atoms with Crippen LogP contribution in [0.15, 0.2) is 45.8 Å². The largest absolute Gasteiger partial charge is 0.370 e. The van der Waals surface area contributed by atoms with Gasteiger partial charge in [-0.05, 0) is 55.5 Å². The van der Waals surface area contributed by atoms with Crippen LogP contribution < -0.4 is 14.5 Å². The Kier molecular flexibility index (Phi) is 5.92. The standard InChI is InChI=1S/C22H26BrN3O3S/c1-15-12-18-13-19(23)14-21(22(18)26(15)16(2)27)30(28,29)24-9-11-25-10-5-7-17-6-3-4-8-20(17)25/h3-4,6,8,13-15,24H,5,7,9-12H2,1-2H3/t15-/m1/s1. The molecule has 0 radical (unpaired) electrons. The molecule has 30 heavy (non-hydrogen) atoms. The molecule has 0 aromatic heterocycles. The van der Waals surface area contributed by atoms with Crippen molar-refractivity contribution in [3.8, 4) is 0 Å². The van der Waals surface area contributed by atoms with Crippen LogP contribution in [0.3, 0.4) is 0 Å². The molecule has 0 bridgehead atoms. The summed E-state index contributed by atoms with van der Waals surface area (Å²) in [7, 11) is -3.78. The molecule has 0 saturated heterocycles. The maximum absolute atomic E-state index is 13.2. The van der Waals surface area contributed by atoms with E-state index < -0.39 is 10.0 Å². The molecule has 2 aliphatic heterocycles. The number of para-hydroxylation sites is 1. The number of rotatable bonds is 5. The van der Waals surface area contributed by atoms with Gasteiger partial charge in [0.1, 0.15) is 4.90 Å². The molecule has 2 heterocycles. The molecule has 0 fully saturated rings. The van der Waals surface area contributed by atoms with Crippen molar-refractivity contribution in [3.05, 3.63) is 52.0 Å². The Hall–Kier alpha value is -1.90. The average Bonchev–Trinajstić information content (AvgIpc) is 3.03.